The fourth-order valence-electron chi connectivity index (χ4n) is 2.95. The third kappa shape index (κ3) is 4.59. The highest BCUT2D eigenvalue weighted by atomic mass is 35.5. The molecule has 2 N–H and O–H groups in total. The van der Waals surface area contributed by atoms with Crippen molar-refractivity contribution < 1.29 is 14.3 Å². The van der Waals surface area contributed by atoms with Crippen LogP contribution in [0.3, 0.4) is 0 Å². The molecular formula is C17H27ClN2O3. The predicted octanol–water partition coefficient (Wildman–Crippen LogP) is 2.53. The van der Waals surface area contributed by atoms with Crippen molar-refractivity contribution in [3.05, 3.63) is 29.8 Å². The van der Waals surface area contributed by atoms with Crippen LogP contribution in [0.2, 0.25) is 0 Å². The molecule has 1 aromatic carbocycles. The van der Waals surface area contributed by atoms with Gasteiger partial charge in [0.2, 0.25) is 0 Å². The summed E-state index contributed by atoms with van der Waals surface area (Å²) in [6.45, 7) is 5.14. The van der Waals surface area contributed by atoms with Crippen molar-refractivity contribution in [1.82, 2.24) is 4.90 Å². The topological polar surface area (TPSA) is 64.8 Å². The van der Waals surface area contributed by atoms with Gasteiger partial charge in [0.15, 0.2) is 0 Å². The van der Waals surface area contributed by atoms with Gasteiger partial charge < -0.3 is 20.1 Å². The molecule has 5 nitrogen and oxygen atoms in total. The summed E-state index contributed by atoms with van der Waals surface area (Å²) in [6, 6.07) is 7.81. The Morgan fingerprint density at radius 3 is 2.78 bits per heavy atom. The molecule has 1 heterocycles. The lowest BCUT2D eigenvalue weighted by Crippen LogP contribution is -2.41. The summed E-state index contributed by atoms with van der Waals surface area (Å²) >= 11 is 0. The zero-order valence-corrected chi connectivity index (χ0v) is 14.8. The number of hydrogen-bond donors (Lipinski definition) is 1. The van der Waals surface area contributed by atoms with Crippen molar-refractivity contribution in [1.29, 1.82) is 0 Å². The van der Waals surface area contributed by atoms with Crippen molar-refractivity contribution in [3.8, 4) is 5.75 Å². The number of ether oxygens (including phenoxy) is 2. The van der Waals surface area contributed by atoms with E-state index in [0.29, 0.717) is 13.1 Å². The second kappa shape index (κ2) is 9.11. The third-order valence-electron chi connectivity index (χ3n) is 4.31. The van der Waals surface area contributed by atoms with E-state index in [-0.39, 0.29) is 36.6 Å². The van der Waals surface area contributed by atoms with Gasteiger partial charge in [-0.1, -0.05) is 12.1 Å². The Kier molecular flexibility index (Phi) is 7.82. The van der Waals surface area contributed by atoms with Gasteiger partial charge in [-0.05, 0) is 44.4 Å². The van der Waals surface area contributed by atoms with E-state index in [4.69, 9.17) is 15.2 Å². The number of carbonyl (C=O) groups is 1. The summed E-state index contributed by atoms with van der Waals surface area (Å²) in [5.41, 5.74) is 6.68. The van der Waals surface area contributed by atoms with Gasteiger partial charge in [-0.2, -0.15) is 0 Å². The van der Waals surface area contributed by atoms with Crippen LogP contribution in [0.5, 0.6) is 5.75 Å². The number of likely N-dealkylation sites (N-methyl/N-ethyl adjacent to an activating group) is 1. The van der Waals surface area contributed by atoms with Crippen molar-refractivity contribution in [2.75, 3.05) is 20.2 Å². The lowest BCUT2D eigenvalue weighted by atomic mass is 10.1. The lowest BCUT2D eigenvalue weighted by Gasteiger charge is -2.30. The quantitative estimate of drug-likeness (QED) is 0.862. The molecule has 0 radical (unpaired) electrons. The Bertz CT molecular complexity index is 512. The molecule has 0 aromatic heterocycles. The lowest BCUT2D eigenvalue weighted by molar-refractivity contribution is -0.144. The van der Waals surface area contributed by atoms with E-state index >= 15 is 0 Å². The molecule has 1 unspecified atom stereocenters. The van der Waals surface area contributed by atoms with Crippen LogP contribution in [0.4, 0.5) is 0 Å². The average Bonchev–Trinajstić information content (AvgIpc) is 3.04. The molecule has 1 aliphatic rings. The second-order valence-electron chi connectivity index (χ2n) is 5.64. The fraction of sp³-hybridized carbons (Fsp3) is 0.588. The van der Waals surface area contributed by atoms with Crippen LogP contribution in [0.1, 0.15) is 38.3 Å². The molecular weight excluding hydrogens is 316 g/mol. The van der Waals surface area contributed by atoms with Gasteiger partial charge >= 0.3 is 0 Å². The summed E-state index contributed by atoms with van der Waals surface area (Å²) in [5.74, 6) is 0.849. The first-order chi connectivity index (χ1) is 10.6. The second-order valence-corrected chi connectivity index (χ2v) is 5.64. The molecule has 1 amide bonds. The van der Waals surface area contributed by atoms with Gasteiger partial charge in [0, 0.05) is 13.1 Å². The summed E-state index contributed by atoms with van der Waals surface area (Å²) < 4.78 is 11.0. The largest absolute Gasteiger partial charge is 0.497 e. The highest BCUT2D eigenvalue weighted by Crippen LogP contribution is 2.27. The zero-order valence-electron chi connectivity index (χ0n) is 14.0. The van der Waals surface area contributed by atoms with Crippen LogP contribution in [0.25, 0.3) is 0 Å². The molecule has 3 atom stereocenters. The van der Waals surface area contributed by atoms with Crippen LogP contribution in [-0.2, 0) is 9.53 Å². The first-order valence-corrected chi connectivity index (χ1v) is 7.90. The normalized spacial score (nSPS) is 21.4. The van der Waals surface area contributed by atoms with E-state index in [1.165, 1.54) is 0 Å². The number of amides is 1. The first-order valence-electron chi connectivity index (χ1n) is 7.90. The highest BCUT2D eigenvalue weighted by molar-refractivity contribution is 5.85. The Hall–Kier alpha value is -1.30. The molecule has 1 fully saturated rings. The Labute approximate surface area is 144 Å². The summed E-state index contributed by atoms with van der Waals surface area (Å²) in [5, 5.41) is 0. The van der Waals surface area contributed by atoms with E-state index in [1.807, 2.05) is 43.0 Å². The summed E-state index contributed by atoms with van der Waals surface area (Å²) in [7, 11) is 1.64. The Morgan fingerprint density at radius 2 is 2.22 bits per heavy atom. The minimum atomic E-state index is -0.360. The Balaban J connectivity index is 0.00000264. The molecule has 1 aliphatic heterocycles. The molecule has 0 aliphatic carbocycles. The number of nitrogens with zero attached hydrogens (tertiary/aromatic N) is 1. The maximum absolute atomic E-state index is 12.7. The Morgan fingerprint density at radius 1 is 1.48 bits per heavy atom. The third-order valence-corrected chi connectivity index (χ3v) is 4.31. The number of benzene rings is 1. The van der Waals surface area contributed by atoms with Gasteiger partial charge in [0.1, 0.15) is 11.9 Å². The smallest absolute Gasteiger partial charge is 0.252 e. The van der Waals surface area contributed by atoms with Crippen LogP contribution < -0.4 is 10.5 Å². The van der Waals surface area contributed by atoms with Crippen LogP contribution in [0, 0.1) is 0 Å². The van der Waals surface area contributed by atoms with Gasteiger partial charge in [0.05, 0.1) is 19.3 Å². The number of carbonyl (C=O) groups excluding carboxylic acids is 1. The number of hydrogen-bond acceptors (Lipinski definition) is 4. The number of methoxy groups -OCH3 is 1. The molecule has 1 aromatic rings. The van der Waals surface area contributed by atoms with E-state index in [9.17, 15) is 4.79 Å². The molecule has 0 spiro atoms. The standard InChI is InChI=1S/C17H26N2O3.ClH/c1-4-19(17(20)16-9-8-15(11-18)22-16)12(2)13-6-5-7-14(10-13)21-3;/h5-7,10,12,15-16H,4,8-9,11,18H2,1-3H3;1H/t12?,15-,16+;/m1./s1. The molecule has 0 saturated carbocycles. The van der Waals surface area contributed by atoms with Crippen molar-refractivity contribution in [2.24, 2.45) is 5.73 Å². The maximum atomic E-state index is 12.7. The van der Waals surface area contributed by atoms with Crippen molar-refractivity contribution >= 4 is 18.3 Å². The van der Waals surface area contributed by atoms with Gasteiger partial charge in [-0.15, -0.1) is 12.4 Å². The van der Waals surface area contributed by atoms with Crippen molar-refractivity contribution in [3.63, 3.8) is 0 Å². The number of halogens is 1. The van der Waals surface area contributed by atoms with Crippen molar-refractivity contribution in [2.45, 2.75) is 44.9 Å². The monoisotopic (exact) mass is 342 g/mol. The highest BCUT2D eigenvalue weighted by Gasteiger charge is 2.34. The maximum Gasteiger partial charge on any atom is 0.252 e. The molecule has 1 saturated heterocycles. The molecule has 130 valence electrons. The van der Waals surface area contributed by atoms with Gasteiger partial charge in [0.25, 0.3) is 5.91 Å². The van der Waals surface area contributed by atoms with E-state index in [0.717, 1.165) is 24.2 Å². The SMILES string of the molecule is CCN(C(=O)[C@@H]1CC[C@H](CN)O1)C(C)c1cccc(OC)c1.Cl. The minimum absolute atomic E-state index is 0. The summed E-state index contributed by atoms with van der Waals surface area (Å²) in [6.07, 6.45) is 1.27. The van der Waals surface area contributed by atoms with E-state index in [1.54, 1.807) is 7.11 Å². The van der Waals surface area contributed by atoms with Crippen LogP contribution in [0.15, 0.2) is 24.3 Å². The van der Waals surface area contributed by atoms with Gasteiger partial charge in [-0.3, -0.25) is 4.79 Å². The first kappa shape index (κ1) is 19.7. The van der Waals surface area contributed by atoms with E-state index in [2.05, 4.69) is 0 Å². The average molecular weight is 343 g/mol. The molecule has 2 rings (SSSR count). The molecule has 6 heteroatoms. The number of rotatable bonds is 6. The molecule has 23 heavy (non-hydrogen) atoms. The van der Waals surface area contributed by atoms with Gasteiger partial charge in [-0.25, -0.2) is 0 Å². The fourth-order valence-corrected chi connectivity index (χ4v) is 2.95. The van der Waals surface area contributed by atoms with E-state index < -0.39 is 0 Å². The minimum Gasteiger partial charge on any atom is -0.497 e. The predicted molar refractivity (Wildman–Crippen MR) is 93.0 cm³/mol. The summed E-state index contributed by atoms with van der Waals surface area (Å²) in [4.78, 5) is 14.6. The zero-order chi connectivity index (χ0) is 16.1. The van der Waals surface area contributed by atoms with Crippen LogP contribution >= 0.6 is 12.4 Å². The number of nitrogens with two attached hydrogens (primary N) is 1. The van der Waals surface area contributed by atoms with Crippen LogP contribution in [-0.4, -0.2) is 43.2 Å². The molecule has 0 bridgehead atoms.